The summed E-state index contributed by atoms with van der Waals surface area (Å²) in [6.07, 6.45) is 3.02. The molecule has 0 spiro atoms. The molecule has 29 nitrogen and oxygen atoms in total. The van der Waals surface area contributed by atoms with Crippen molar-refractivity contribution in [2.45, 2.75) is 113 Å². The molecule has 10 atom stereocenters. The molecule has 36 heteroatoms. The van der Waals surface area contributed by atoms with Gasteiger partial charge in [-0.15, -0.1) is 80.7 Å². The normalized spacial score (nSPS) is 20.2. The van der Waals surface area contributed by atoms with E-state index in [-0.39, 0.29) is 95.2 Å². The van der Waals surface area contributed by atoms with Gasteiger partial charge in [-0.25, -0.2) is 19.2 Å². The number of fused-ring (bicyclic) bond motifs is 5. The number of ether oxygens (including phenoxy) is 12. The van der Waals surface area contributed by atoms with Crippen molar-refractivity contribution in [3.63, 3.8) is 0 Å². The summed E-state index contributed by atoms with van der Waals surface area (Å²) in [5.74, 6) is 0.215. The Kier molecular flexibility index (Phi) is 38.3. The predicted octanol–water partition coefficient (Wildman–Crippen LogP) is 16.5. The third-order valence-corrected chi connectivity index (χ3v) is 30.6. The lowest BCUT2D eigenvalue weighted by Crippen LogP contribution is -2.52. The number of hydrogen-bond acceptors (Lipinski definition) is 26. The van der Waals surface area contributed by atoms with Gasteiger partial charge in [-0.3, -0.25) is 24.0 Å². The van der Waals surface area contributed by atoms with Gasteiger partial charge in [0.2, 0.25) is 29.5 Å². The average molecular weight is 2120 g/mol. The van der Waals surface area contributed by atoms with Crippen molar-refractivity contribution in [2.75, 3.05) is 187 Å². The Morgan fingerprint density at radius 2 is 0.586 bits per heavy atom. The Hall–Kier alpha value is -11.9. The van der Waals surface area contributed by atoms with E-state index in [2.05, 4.69) is 120 Å². The molecule has 8 aliphatic heterocycles. The maximum atomic E-state index is 12.9. The van der Waals surface area contributed by atoms with Crippen molar-refractivity contribution in [1.29, 1.82) is 0 Å². The third-order valence-electron chi connectivity index (χ3n) is 27.5. The van der Waals surface area contributed by atoms with Crippen LogP contribution >= 0.6 is 80.7 Å². The van der Waals surface area contributed by atoms with E-state index in [1.54, 1.807) is 84.1 Å². The molecule has 0 unspecified atom stereocenters. The van der Waals surface area contributed by atoms with Gasteiger partial charge in [0.25, 0.3) is 0 Å². The second-order valence-electron chi connectivity index (χ2n) is 35.6. The van der Waals surface area contributed by atoms with Gasteiger partial charge in [0.1, 0.15) is 47.2 Å². The summed E-state index contributed by atoms with van der Waals surface area (Å²) in [6, 6.07) is 54.2. The largest absolute Gasteiger partial charge is 0.497 e. The predicted molar refractivity (Wildman–Crippen MR) is 560 cm³/mol. The first-order chi connectivity index (χ1) is 70.3. The van der Waals surface area contributed by atoms with E-state index >= 15 is 0 Å². The monoisotopic (exact) mass is 2120 g/mol. The zero-order valence-corrected chi connectivity index (χ0v) is 88.5. The molecule has 0 bridgehead atoms. The van der Waals surface area contributed by atoms with E-state index in [1.165, 1.54) is 83.5 Å². The van der Waals surface area contributed by atoms with Crippen molar-refractivity contribution in [3.8, 4) is 28.7 Å². The van der Waals surface area contributed by atoms with E-state index < -0.39 is 48.0 Å². The van der Waals surface area contributed by atoms with Crippen molar-refractivity contribution >= 4 is 151 Å². The lowest BCUT2D eigenvalue weighted by atomic mass is 9.84. The molecule has 0 N–H and O–H groups in total. The van der Waals surface area contributed by atoms with Gasteiger partial charge >= 0.3 is 23.9 Å². The SMILES string of the molecule is COC(=O)c1ccc([C@@H]2c3sccc3C[C@H](C(=O)OC)N2C(=O)CCl)cc1.COC(=O)c1ccc([C@H]2c3sccc3C[C@H](C(=O)OC)N2C(=O)CCl)cc1.COc1cc2c(cc1OC)[C@@H](c1ccc(N3CCOCC3)cc1)N(C(=O)CCl)[C@@H](C)C2.COc1cc2c(cc1OC)[C@H](c1ccc(N3CCOCC3)cc1)N(C(=O)CCl)[C@@H](C)C2.COc1ccc2c(c1)C[C@H](C)N(C(=O)CCl)[C@@H]2c1ccc(N2CCOCC2)cc1. The molecule has 3 saturated heterocycles. The molecule has 10 aromatic rings. The number of hydrogen-bond donors (Lipinski definition) is 0. The minimum atomic E-state index is -0.756. The first-order valence-electron chi connectivity index (χ1n) is 47.7. The first-order valence-corrected chi connectivity index (χ1v) is 52.2. The van der Waals surface area contributed by atoms with Crippen molar-refractivity contribution in [2.24, 2.45) is 0 Å². The topological polar surface area (TPSA) is 290 Å². The van der Waals surface area contributed by atoms with Crippen LogP contribution in [0.3, 0.4) is 0 Å². The number of esters is 4. The lowest BCUT2D eigenvalue weighted by Gasteiger charge is -2.42. The Morgan fingerprint density at radius 1 is 0.303 bits per heavy atom. The molecule has 8 aromatic carbocycles. The molecule has 18 rings (SSSR count). The molecule has 0 aliphatic carbocycles. The highest BCUT2D eigenvalue weighted by Crippen LogP contribution is 2.49. The summed E-state index contributed by atoms with van der Waals surface area (Å²) < 4.78 is 63.2. The number of carbonyl (C=O) groups is 9. The van der Waals surface area contributed by atoms with Crippen LogP contribution in [0, 0.1) is 0 Å². The van der Waals surface area contributed by atoms with E-state index in [9.17, 15) is 43.2 Å². The molecule has 5 amide bonds. The number of methoxy groups -OCH3 is 9. The molecule has 2 aromatic heterocycles. The molecule has 0 saturated carbocycles. The zero-order chi connectivity index (χ0) is 103. The smallest absolute Gasteiger partial charge is 0.337 e. The van der Waals surface area contributed by atoms with E-state index in [4.69, 9.17) is 115 Å². The summed E-state index contributed by atoms with van der Waals surface area (Å²) in [7, 11) is 13.5. The Morgan fingerprint density at radius 3 is 0.876 bits per heavy atom. The van der Waals surface area contributed by atoms with Crippen molar-refractivity contribution in [1.82, 2.24) is 24.5 Å². The average Bonchev–Trinajstić information content (AvgIpc) is 1.73. The molecule has 770 valence electrons. The van der Waals surface area contributed by atoms with Gasteiger partial charge in [-0.1, -0.05) is 66.7 Å². The van der Waals surface area contributed by atoms with Crippen LogP contribution < -0.4 is 38.4 Å². The summed E-state index contributed by atoms with van der Waals surface area (Å²) in [5, 5.41) is 3.87. The van der Waals surface area contributed by atoms with Crippen LogP contribution in [-0.2, 0) is 98.8 Å². The molecule has 8 aliphatic rings. The number of carbonyl (C=O) groups excluding carboxylic acids is 9. The summed E-state index contributed by atoms with van der Waals surface area (Å²) in [5.41, 5.74) is 17.8. The van der Waals surface area contributed by atoms with Crippen molar-refractivity contribution < 1.29 is 100.0 Å². The fraction of sp³-hybridized carbons (Fsp3) is 0.404. The first kappa shape index (κ1) is 109. The number of morpholine rings is 3. The van der Waals surface area contributed by atoms with Gasteiger partial charge in [0, 0.05) is 97.1 Å². The van der Waals surface area contributed by atoms with E-state index in [0.29, 0.717) is 47.0 Å². The number of thiophene rings is 2. The minimum absolute atomic E-state index is 0.0146. The standard InChI is InChI=1S/2C24H29ClN2O4.C23H27ClN2O3.2C19H18ClNO5S/c2*1-16-12-18-13-21(29-2)22(30-3)14-20(18)24(27(16)23(28)15-25)17-4-6-19(7-5-17)26-8-10-31-11-9-26;1-16-13-18-14-20(28-2)7-8-21(18)23(26(16)22(27)15-24)17-3-5-19(6-4-17)25-9-11-29-12-10-25;2*1-25-18(23)12-5-3-11(4-6-12)16-17-13(7-8-27-17)9-14(19(24)26-2)21(16)15(22)10-20/h2*4-7,13-14,16,24H,8-12,15H2,1-3H3;3-8,14,16,23H,9-13,15H2,1-2H3;2*3-8,14,16H,9-10H2,1-2H3/t16-,24+;16-,24-;16-,23+;14-,16+;14-,16-/m00011/s1. The number of amides is 5. The van der Waals surface area contributed by atoms with Crippen LogP contribution in [0.4, 0.5) is 17.1 Å². The van der Waals surface area contributed by atoms with Crippen LogP contribution in [0.25, 0.3) is 0 Å². The fourth-order valence-electron chi connectivity index (χ4n) is 20.5. The maximum absolute atomic E-state index is 12.9. The molecule has 145 heavy (non-hydrogen) atoms. The second kappa shape index (κ2) is 51.0. The van der Waals surface area contributed by atoms with Gasteiger partial charge in [-0.05, 0) is 232 Å². The summed E-state index contributed by atoms with van der Waals surface area (Å²) >= 11 is 32.7. The highest BCUT2D eigenvalue weighted by atomic mass is 35.5. The highest BCUT2D eigenvalue weighted by Gasteiger charge is 2.47. The Bertz CT molecular complexity index is 5870. The van der Waals surface area contributed by atoms with Crippen LogP contribution in [0.2, 0.25) is 0 Å². The summed E-state index contributed by atoms with van der Waals surface area (Å²) in [6.45, 7) is 16.1. The van der Waals surface area contributed by atoms with Crippen molar-refractivity contribution in [3.05, 3.63) is 280 Å². The number of alkyl halides is 5. The van der Waals surface area contributed by atoms with Gasteiger partial charge in [0.05, 0.1) is 145 Å². The molecular weight excluding hydrogens is 2000 g/mol. The van der Waals surface area contributed by atoms with Crippen LogP contribution in [0.5, 0.6) is 28.7 Å². The maximum Gasteiger partial charge on any atom is 0.337 e. The van der Waals surface area contributed by atoms with Crippen LogP contribution in [0.15, 0.2) is 187 Å². The number of anilines is 3. The number of benzene rings is 8. The quantitative estimate of drug-likeness (QED) is 0.0346. The molecule has 0 radical (unpaired) electrons. The Balaban J connectivity index is 0.000000144. The second-order valence-corrected chi connectivity index (χ2v) is 38.9. The van der Waals surface area contributed by atoms with Gasteiger partial charge in [-0.2, -0.15) is 0 Å². The summed E-state index contributed by atoms with van der Waals surface area (Å²) in [4.78, 5) is 130. The third kappa shape index (κ3) is 24.3. The van der Waals surface area contributed by atoms with Gasteiger partial charge < -0.3 is 96.0 Å². The number of halogens is 5. The number of nitrogens with zero attached hydrogens (tertiary/aromatic N) is 8. The number of rotatable bonds is 22. The Labute approximate surface area is 878 Å². The molecule has 10 heterocycles. The molecular formula is C109H121Cl5N8O21S2. The zero-order valence-electron chi connectivity index (χ0n) is 83.1. The van der Waals surface area contributed by atoms with Gasteiger partial charge in [0.15, 0.2) is 23.0 Å². The fourth-order valence-corrected chi connectivity index (χ4v) is 23.3. The highest BCUT2D eigenvalue weighted by molar-refractivity contribution is 7.10. The van der Waals surface area contributed by atoms with E-state index in [0.717, 1.165) is 180 Å². The van der Waals surface area contributed by atoms with Crippen LogP contribution in [0.1, 0.15) is 154 Å². The lowest BCUT2D eigenvalue weighted by molar-refractivity contribution is -0.154. The molecule has 3 fully saturated rings. The van der Waals surface area contributed by atoms with Crippen LogP contribution in [-0.4, -0.2) is 280 Å². The van der Waals surface area contributed by atoms with E-state index in [1.807, 2.05) is 67.9 Å². The minimum Gasteiger partial charge on any atom is -0.497 e.